The predicted octanol–water partition coefficient (Wildman–Crippen LogP) is 1.26. The van der Waals surface area contributed by atoms with E-state index >= 15 is 0 Å². The second kappa shape index (κ2) is 6.69. The van der Waals surface area contributed by atoms with Crippen LogP contribution in [0.2, 0.25) is 0 Å². The van der Waals surface area contributed by atoms with E-state index in [9.17, 15) is 23.5 Å². The van der Waals surface area contributed by atoms with E-state index in [1.165, 1.54) is 4.90 Å². The largest absolute Gasteiger partial charge is 0.481 e. The van der Waals surface area contributed by atoms with Gasteiger partial charge in [-0.1, -0.05) is 0 Å². The summed E-state index contributed by atoms with van der Waals surface area (Å²) in [5.41, 5.74) is -0.00932. The number of rotatable bonds is 4. The Bertz CT molecular complexity index is 582. The fourth-order valence-corrected chi connectivity index (χ4v) is 2.48. The molecule has 1 aliphatic heterocycles. The molecule has 3 N–H and O–H groups in total. The second-order valence-corrected chi connectivity index (χ2v) is 5.10. The number of amides is 2. The van der Waals surface area contributed by atoms with Gasteiger partial charge < -0.3 is 20.4 Å². The SMILES string of the molecule is O=C(O)CCNC(=O)N1CC(O)CC1c1cc(F)ccc1F. The summed E-state index contributed by atoms with van der Waals surface area (Å²) < 4.78 is 27.2. The smallest absolute Gasteiger partial charge is 0.318 e. The van der Waals surface area contributed by atoms with Crippen LogP contribution in [0.4, 0.5) is 13.6 Å². The van der Waals surface area contributed by atoms with Crippen LogP contribution in [0.15, 0.2) is 18.2 Å². The summed E-state index contributed by atoms with van der Waals surface area (Å²) in [6.45, 7) is -0.112. The van der Waals surface area contributed by atoms with Crippen molar-refractivity contribution in [3.63, 3.8) is 0 Å². The van der Waals surface area contributed by atoms with Gasteiger partial charge in [0.2, 0.25) is 0 Å². The number of β-amino-alcohol motifs (C(OH)–C–C–N with tert-alkyl or cyclic N) is 1. The lowest BCUT2D eigenvalue weighted by atomic mass is 10.0. The summed E-state index contributed by atoms with van der Waals surface area (Å²) in [6.07, 6.45) is -1.01. The molecular formula is C14H16F2N2O4. The second-order valence-electron chi connectivity index (χ2n) is 5.10. The van der Waals surface area contributed by atoms with Gasteiger partial charge in [0.25, 0.3) is 0 Å². The number of hydrogen-bond donors (Lipinski definition) is 3. The lowest BCUT2D eigenvalue weighted by molar-refractivity contribution is -0.136. The van der Waals surface area contributed by atoms with Crippen LogP contribution in [0, 0.1) is 11.6 Å². The minimum atomic E-state index is -1.06. The zero-order chi connectivity index (χ0) is 16.3. The van der Waals surface area contributed by atoms with Gasteiger partial charge in [-0.05, 0) is 24.6 Å². The van der Waals surface area contributed by atoms with E-state index in [1.807, 2.05) is 0 Å². The Labute approximate surface area is 125 Å². The van der Waals surface area contributed by atoms with Crippen molar-refractivity contribution in [1.29, 1.82) is 0 Å². The number of nitrogens with one attached hydrogen (secondary N) is 1. The monoisotopic (exact) mass is 314 g/mol. The number of aliphatic carboxylic acids is 1. The van der Waals surface area contributed by atoms with E-state index in [0.29, 0.717) is 0 Å². The van der Waals surface area contributed by atoms with Crippen molar-refractivity contribution in [2.24, 2.45) is 0 Å². The first kappa shape index (κ1) is 16.2. The predicted molar refractivity (Wildman–Crippen MR) is 72.1 cm³/mol. The molecule has 6 nitrogen and oxygen atoms in total. The first-order chi connectivity index (χ1) is 10.4. The molecule has 2 rings (SSSR count). The van der Waals surface area contributed by atoms with E-state index < -0.39 is 35.8 Å². The van der Waals surface area contributed by atoms with Crippen LogP contribution in [-0.2, 0) is 4.79 Å². The number of aliphatic hydroxyl groups is 1. The highest BCUT2D eigenvalue weighted by Gasteiger charge is 2.36. The summed E-state index contributed by atoms with van der Waals surface area (Å²) >= 11 is 0. The van der Waals surface area contributed by atoms with E-state index in [4.69, 9.17) is 5.11 Å². The van der Waals surface area contributed by atoms with Crippen LogP contribution < -0.4 is 5.32 Å². The van der Waals surface area contributed by atoms with Crippen molar-refractivity contribution in [3.8, 4) is 0 Å². The molecule has 0 spiro atoms. The summed E-state index contributed by atoms with van der Waals surface area (Å²) in [4.78, 5) is 23.7. The summed E-state index contributed by atoms with van der Waals surface area (Å²) in [6, 6.07) is 1.52. The van der Waals surface area contributed by atoms with Gasteiger partial charge in [0, 0.05) is 18.7 Å². The number of carbonyl (C=O) groups is 2. The van der Waals surface area contributed by atoms with E-state index in [0.717, 1.165) is 18.2 Å². The number of likely N-dealkylation sites (tertiary alicyclic amines) is 1. The van der Waals surface area contributed by atoms with Crippen molar-refractivity contribution in [1.82, 2.24) is 10.2 Å². The molecule has 1 saturated heterocycles. The lowest BCUT2D eigenvalue weighted by Crippen LogP contribution is -2.41. The quantitative estimate of drug-likeness (QED) is 0.780. The normalized spacial score (nSPS) is 21.0. The van der Waals surface area contributed by atoms with Gasteiger partial charge >= 0.3 is 12.0 Å². The molecule has 8 heteroatoms. The Morgan fingerprint density at radius 2 is 2.09 bits per heavy atom. The minimum Gasteiger partial charge on any atom is -0.481 e. The van der Waals surface area contributed by atoms with Crippen LogP contribution in [0.5, 0.6) is 0 Å². The molecule has 1 heterocycles. The first-order valence-corrected chi connectivity index (χ1v) is 6.77. The summed E-state index contributed by atoms with van der Waals surface area (Å²) in [5.74, 6) is -2.36. The van der Waals surface area contributed by atoms with E-state index in [-0.39, 0.29) is 31.5 Å². The molecule has 120 valence electrons. The van der Waals surface area contributed by atoms with Crippen molar-refractivity contribution >= 4 is 12.0 Å². The number of nitrogens with zero attached hydrogens (tertiary/aromatic N) is 1. The molecular weight excluding hydrogens is 298 g/mol. The van der Waals surface area contributed by atoms with Gasteiger partial charge in [0.05, 0.1) is 18.6 Å². The Hall–Kier alpha value is -2.22. The molecule has 0 radical (unpaired) electrons. The molecule has 2 amide bonds. The van der Waals surface area contributed by atoms with Gasteiger partial charge in [0.1, 0.15) is 11.6 Å². The summed E-state index contributed by atoms with van der Waals surface area (Å²) in [5, 5.41) is 20.6. The standard InChI is InChI=1S/C14H16F2N2O4/c15-8-1-2-11(16)10(5-8)12-6-9(19)7-18(12)14(22)17-4-3-13(20)21/h1-2,5,9,12,19H,3-4,6-7H2,(H,17,22)(H,20,21). The van der Waals surface area contributed by atoms with Crippen molar-refractivity contribution in [2.45, 2.75) is 25.0 Å². The van der Waals surface area contributed by atoms with Gasteiger partial charge in [-0.3, -0.25) is 4.79 Å². The highest BCUT2D eigenvalue weighted by atomic mass is 19.1. The number of carbonyl (C=O) groups excluding carboxylic acids is 1. The topological polar surface area (TPSA) is 89.9 Å². The van der Waals surface area contributed by atoms with Crippen LogP contribution in [0.3, 0.4) is 0 Å². The van der Waals surface area contributed by atoms with Gasteiger partial charge in [-0.25, -0.2) is 13.6 Å². The Morgan fingerprint density at radius 3 is 2.77 bits per heavy atom. The summed E-state index contributed by atoms with van der Waals surface area (Å²) in [7, 11) is 0. The third-order valence-electron chi connectivity index (χ3n) is 3.47. The zero-order valence-electron chi connectivity index (χ0n) is 11.6. The number of hydrogen-bond acceptors (Lipinski definition) is 3. The molecule has 2 atom stereocenters. The third kappa shape index (κ3) is 3.70. The molecule has 22 heavy (non-hydrogen) atoms. The molecule has 0 aliphatic carbocycles. The molecule has 1 aromatic carbocycles. The third-order valence-corrected chi connectivity index (χ3v) is 3.47. The Kier molecular flexibility index (Phi) is 4.92. The van der Waals surface area contributed by atoms with Gasteiger partial charge in [-0.15, -0.1) is 0 Å². The van der Waals surface area contributed by atoms with Crippen molar-refractivity contribution < 1.29 is 28.6 Å². The minimum absolute atomic E-state index is 0.00932. The molecule has 1 aromatic rings. The van der Waals surface area contributed by atoms with Crippen LogP contribution in [-0.4, -0.2) is 46.3 Å². The molecule has 0 aromatic heterocycles. The molecule has 1 aliphatic rings. The van der Waals surface area contributed by atoms with E-state index in [1.54, 1.807) is 0 Å². The van der Waals surface area contributed by atoms with Crippen molar-refractivity contribution in [2.75, 3.05) is 13.1 Å². The maximum absolute atomic E-state index is 13.9. The first-order valence-electron chi connectivity index (χ1n) is 6.77. The molecule has 2 unspecified atom stereocenters. The van der Waals surface area contributed by atoms with Gasteiger partial charge in [0.15, 0.2) is 0 Å². The van der Waals surface area contributed by atoms with E-state index in [2.05, 4.69) is 5.32 Å². The van der Waals surface area contributed by atoms with Crippen molar-refractivity contribution in [3.05, 3.63) is 35.4 Å². The highest BCUT2D eigenvalue weighted by molar-refractivity contribution is 5.76. The zero-order valence-corrected chi connectivity index (χ0v) is 11.6. The van der Waals surface area contributed by atoms with Crippen LogP contribution >= 0.6 is 0 Å². The number of carboxylic acid groups (broad SMARTS) is 1. The molecule has 0 saturated carbocycles. The fourth-order valence-electron chi connectivity index (χ4n) is 2.48. The number of benzene rings is 1. The maximum atomic E-state index is 13.9. The van der Waals surface area contributed by atoms with Crippen LogP contribution in [0.25, 0.3) is 0 Å². The average Bonchev–Trinajstić information content (AvgIpc) is 2.83. The lowest BCUT2D eigenvalue weighted by Gasteiger charge is -2.25. The number of carboxylic acids is 1. The Morgan fingerprint density at radius 1 is 1.36 bits per heavy atom. The van der Waals surface area contributed by atoms with Gasteiger partial charge in [-0.2, -0.15) is 0 Å². The average molecular weight is 314 g/mol. The number of aliphatic hydroxyl groups excluding tert-OH is 1. The highest BCUT2D eigenvalue weighted by Crippen LogP contribution is 2.33. The molecule has 1 fully saturated rings. The number of halogens is 2. The number of urea groups is 1. The maximum Gasteiger partial charge on any atom is 0.318 e. The Balaban J connectivity index is 2.13. The van der Waals surface area contributed by atoms with Crippen LogP contribution in [0.1, 0.15) is 24.4 Å². The molecule has 0 bridgehead atoms. The fraction of sp³-hybridized carbons (Fsp3) is 0.429.